The molecule has 0 bridgehead atoms. The van der Waals surface area contributed by atoms with Crippen molar-refractivity contribution >= 4 is 39.1 Å². The lowest BCUT2D eigenvalue weighted by atomic mass is 10.1. The molecule has 1 saturated heterocycles. The van der Waals surface area contributed by atoms with Crippen LogP contribution < -0.4 is 10.1 Å². The second kappa shape index (κ2) is 9.82. The third kappa shape index (κ3) is 5.55. The van der Waals surface area contributed by atoms with E-state index in [-0.39, 0.29) is 18.4 Å². The molecule has 1 aliphatic rings. The van der Waals surface area contributed by atoms with Crippen LogP contribution in [0.2, 0.25) is 0 Å². The number of benzene rings is 2. The van der Waals surface area contributed by atoms with Crippen molar-refractivity contribution in [1.29, 1.82) is 0 Å². The molecule has 31 heavy (non-hydrogen) atoms. The molecular formula is C23H24N4O3S. The zero-order valence-electron chi connectivity index (χ0n) is 17.1. The van der Waals surface area contributed by atoms with Gasteiger partial charge in [0.2, 0.25) is 5.91 Å². The van der Waals surface area contributed by atoms with Crippen molar-refractivity contribution in [1.82, 2.24) is 14.8 Å². The lowest BCUT2D eigenvalue weighted by Gasteiger charge is -2.33. The van der Waals surface area contributed by atoms with Gasteiger partial charge in [-0.05, 0) is 17.5 Å². The van der Waals surface area contributed by atoms with Gasteiger partial charge in [-0.15, -0.1) is 11.3 Å². The Kier molecular flexibility index (Phi) is 6.71. The van der Waals surface area contributed by atoms with Crippen LogP contribution in [0.15, 0.2) is 61.3 Å². The number of nitrogens with one attached hydrogen (secondary N) is 1. The maximum absolute atomic E-state index is 12.5. The summed E-state index contributed by atoms with van der Waals surface area (Å²) < 4.78 is 5.65. The van der Waals surface area contributed by atoms with Crippen LogP contribution in [0.4, 0.5) is 5.13 Å². The van der Waals surface area contributed by atoms with E-state index in [1.165, 1.54) is 17.4 Å². The molecule has 1 aromatic heterocycles. The summed E-state index contributed by atoms with van der Waals surface area (Å²) in [7, 11) is 0. The summed E-state index contributed by atoms with van der Waals surface area (Å²) in [6.07, 6.45) is 3.02. The lowest BCUT2D eigenvalue weighted by molar-refractivity contribution is -0.136. The molecule has 1 aliphatic heterocycles. The topological polar surface area (TPSA) is 74.8 Å². The van der Waals surface area contributed by atoms with E-state index in [2.05, 4.69) is 26.7 Å². The van der Waals surface area contributed by atoms with Crippen LogP contribution in [0, 0.1) is 0 Å². The Balaban J connectivity index is 1.25. The minimum absolute atomic E-state index is 0.241. The highest BCUT2D eigenvalue weighted by molar-refractivity contribution is 7.15. The number of amides is 1. The standard InChI is InChI=1S/C23H24N4O3S/c1-2-21(28)25-23-24-14-18(31-23)15-26-10-12-27(13-11-26)16-22(29)30-20-9-5-7-17-6-3-4-8-19(17)20/h2-9,14H,1,10-13,15-16H2,(H,24,25,28). The number of ether oxygens (including phenoxy) is 1. The maximum Gasteiger partial charge on any atom is 0.325 e. The van der Waals surface area contributed by atoms with Gasteiger partial charge in [0.25, 0.3) is 0 Å². The Morgan fingerprint density at radius 3 is 2.65 bits per heavy atom. The molecule has 8 heteroatoms. The molecule has 0 saturated carbocycles. The predicted octanol–water partition coefficient (Wildman–Crippen LogP) is 3.14. The fourth-order valence-corrected chi connectivity index (χ4v) is 4.40. The predicted molar refractivity (Wildman–Crippen MR) is 122 cm³/mol. The minimum atomic E-state index is -0.259. The summed E-state index contributed by atoms with van der Waals surface area (Å²) in [5, 5.41) is 5.25. The molecule has 0 unspecified atom stereocenters. The Bertz CT molecular complexity index is 1080. The highest BCUT2D eigenvalue weighted by Gasteiger charge is 2.21. The van der Waals surface area contributed by atoms with Gasteiger partial charge >= 0.3 is 5.97 Å². The molecule has 0 atom stereocenters. The summed E-state index contributed by atoms with van der Waals surface area (Å²) in [6.45, 7) is 7.79. The van der Waals surface area contributed by atoms with E-state index in [9.17, 15) is 9.59 Å². The van der Waals surface area contributed by atoms with Crippen molar-refractivity contribution < 1.29 is 14.3 Å². The Morgan fingerprint density at radius 1 is 1.10 bits per heavy atom. The smallest absolute Gasteiger partial charge is 0.325 e. The first-order valence-corrected chi connectivity index (χ1v) is 10.9. The molecule has 1 amide bonds. The van der Waals surface area contributed by atoms with E-state index < -0.39 is 0 Å². The molecule has 0 aliphatic carbocycles. The summed E-state index contributed by atoms with van der Waals surface area (Å²) in [5.74, 6) is 0.103. The number of esters is 1. The highest BCUT2D eigenvalue weighted by atomic mass is 32.1. The van der Waals surface area contributed by atoms with Gasteiger partial charge in [-0.3, -0.25) is 24.7 Å². The van der Waals surface area contributed by atoms with Gasteiger partial charge in [-0.25, -0.2) is 4.98 Å². The highest BCUT2D eigenvalue weighted by Crippen LogP contribution is 2.25. The molecule has 2 aromatic carbocycles. The molecule has 0 spiro atoms. The summed E-state index contributed by atoms with van der Waals surface area (Å²) in [4.78, 5) is 33.6. The average Bonchev–Trinajstić information content (AvgIpc) is 3.22. The second-order valence-corrected chi connectivity index (χ2v) is 8.44. The van der Waals surface area contributed by atoms with Gasteiger partial charge in [0.15, 0.2) is 5.13 Å². The lowest BCUT2D eigenvalue weighted by Crippen LogP contribution is -2.47. The van der Waals surface area contributed by atoms with E-state index >= 15 is 0 Å². The van der Waals surface area contributed by atoms with Gasteiger partial charge in [-0.2, -0.15) is 0 Å². The van der Waals surface area contributed by atoms with E-state index in [0.29, 0.717) is 10.9 Å². The molecule has 0 radical (unpaired) electrons. The summed E-state index contributed by atoms with van der Waals surface area (Å²) in [5.41, 5.74) is 0. The Labute approximate surface area is 184 Å². The number of fused-ring (bicyclic) bond motifs is 1. The van der Waals surface area contributed by atoms with E-state index in [4.69, 9.17) is 4.74 Å². The Morgan fingerprint density at radius 2 is 1.84 bits per heavy atom. The van der Waals surface area contributed by atoms with Gasteiger partial charge < -0.3 is 4.74 Å². The number of anilines is 1. The summed E-state index contributed by atoms with van der Waals surface area (Å²) in [6, 6.07) is 13.6. The van der Waals surface area contributed by atoms with Gasteiger partial charge in [0, 0.05) is 49.2 Å². The quantitative estimate of drug-likeness (QED) is 0.348. The fourth-order valence-electron chi connectivity index (χ4n) is 3.54. The molecule has 160 valence electrons. The van der Waals surface area contributed by atoms with E-state index in [1.54, 1.807) is 6.20 Å². The van der Waals surface area contributed by atoms with Crippen LogP contribution in [0.3, 0.4) is 0 Å². The largest absolute Gasteiger partial charge is 0.425 e. The van der Waals surface area contributed by atoms with Crippen LogP contribution in [0.5, 0.6) is 5.75 Å². The van der Waals surface area contributed by atoms with Crippen molar-refractivity contribution in [3.63, 3.8) is 0 Å². The molecule has 1 fully saturated rings. The second-order valence-electron chi connectivity index (χ2n) is 7.33. The molecule has 2 heterocycles. The summed E-state index contributed by atoms with van der Waals surface area (Å²) >= 11 is 1.46. The number of aromatic nitrogens is 1. The zero-order chi connectivity index (χ0) is 21.6. The van der Waals surface area contributed by atoms with Crippen molar-refractivity contribution in [2.75, 3.05) is 38.0 Å². The molecule has 3 aromatic rings. The van der Waals surface area contributed by atoms with Crippen LogP contribution in [0.25, 0.3) is 10.8 Å². The van der Waals surface area contributed by atoms with Crippen molar-refractivity contribution in [3.05, 3.63) is 66.2 Å². The SMILES string of the molecule is C=CC(=O)Nc1ncc(CN2CCN(CC(=O)Oc3cccc4ccccc34)CC2)s1. The fraction of sp³-hybridized carbons (Fsp3) is 0.261. The number of thiazole rings is 1. The molecular weight excluding hydrogens is 412 g/mol. The van der Waals surface area contributed by atoms with Gasteiger partial charge in [0.1, 0.15) is 5.75 Å². The number of hydrogen-bond donors (Lipinski definition) is 1. The first kappa shape index (κ1) is 21.2. The minimum Gasteiger partial charge on any atom is -0.425 e. The number of rotatable bonds is 7. The molecule has 7 nitrogen and oxygen atoms in total. The third-order valence-electron chi connectivity index (χ3n) is 5.14. The van der Waals surface area contributed by atoms with E-state index in [1.807, 2.05) is 42.5 Å². The normalized spacial score (nSPS) is 15.0. The Hall–Kier alpha value is -3.07. The van der Waals surface area contributed by atoms with Crippen LogP contribution in [-0.2, 0) is 16.1 Å². The van der Waals surface area contributed by atoms with Crippen molar-refractivity contribution in [3.8, 4) is 5.75 Å². The van der Waals surface area contributed by atoms with Crippen molar-refractivity contribution in [2.45, 2.75) is 6.54 Å². The zero-order valence-corrected chi connectivity index (χ0v) is 17.9. The van der Waals surface area contributed by atoms with Crippen LogP contribution >= 0.6 is 11.3 Å². The van der Waals surface area contributed by atoms with Gasteiger partial charge in [0.05, 0.1) is 6.54 Å². The third-order valence-corrected chi connectivity index (χ3v) is 6.04. The van der Waals surface area contributed by atoms with E-state index in [0.717, 1.165) is 48.4 Å². The first-order valence-electron chi connectivity index (χ1n) is 10.1. The molecule has 4 rings (SSSR count). The van der Waals surface area contributed by atoms with Crippen LogP contribution in [0.1, 0.15) is 4.88 Å². The number of piperazine rings is 1. The number of carbonyl (C=O) groups is 2. The van der Waals surface area contributed by atoms with Crippen molar-refractivity contribution in [2.24, 2.45) is 0 Å². The number of nitrogens with zero attached hydrogens (tertiary/aromatic N) is 3. The average molecular weight is 437 g/mol. The monoisotopic (exact) mass is 436 g/mol. The van der Waals surface area contributed by atoms with Gasteiger partial charge in [-0.1, -0.05) is 43.0 Å². The number of carbonyl (C=O) groups excluding carboxylic acids is 2. The number of hydrogen-bond acceptors (Lipinski definition) is 7. The maximum atomic E-state index is 12.5. The first-order chi connectivity index (χ1) is 15.1. The van der Waals surface area contributed by atoms with Crippen LogP contribution in [-0.4, -0.2) is 59.4 Å². The molecule has 1 N–H and O–H groups in total.